The van der Waals surface area contributed by atoms with Gasteiger partial charge in [0.15, 0.2) is 0 Å². The monoisotopic (exact) mass is 194 g/mol. The average molecular weight is 195 g/mol. The summed E-state index contributed by atoms with van der Waals surface area (Å²) in [5.74, 6) is 1.97. The zero-order valence-electron chi connectivity index (χ0n) is 7.40. The Balaban J connectivity index is 2.39. The molecule has 1 aliphatic carbocycles. The SMILES string of the molecule is CCC(C)C(C)C1CC1(Cl)Cl. The van der Waals surface area contributed by atoms with Gasteiger partial charge in [-0.05, 0) is 24.2 Å². The summed E-state index contributed by atoms with van der Waals surface area (Å²) in [5, 5.41) is 0. The topological polar surface area (TPSA) is 0 Å². The lowest BCUT2D eigenvalue weighted by Gasteiger charge is -2.18. The maximum atomic E-state index is 5.97. The summed E-state index contributed by atoms with van der Waals surface area (Å²) in [5.41, 5.74) is 0. The van der Waals surface area contributed by atoms with E-state index < -0.39 is 0 Å². The van der Waals surface area contributed by atoms with Crippen molar-refractivity contribution in [2.45, 2.75) is 37.9 Å². The summed E-state index contributed by atoms with van der Waals surface area (Å²) in [4.78, 5) is 0. The van der Waals surface area contributed by atoms with Crippen LogP contribution in [0.4, 0.5) is 0 Å². The number of hydrogen-bond donors (Lipinski definition) is 0. The molecule has 0 amide bonds. The molecule has 0 nitrogen and oxygen atoms in total. The molecule has 0 radical (unpaired) electrons. The molecule has 0 aliphatic heterocycles. The van der Waals surface area contributed by atoms with Crippen LogP contribution in [-0.4, -0.2) is 4.33 Å². The van der Waals surface area contributed by atoms with Gasteiger partial charge in [-0.2, -0.15) is 0 Å². The van der Waals surface area contributed by atoms with E-state index in [1.165, 1.54) is 6.42 Å². The second kappa shape index (κ2) is 3.14. The van der Waals surface area contributed by atoms with Gasteiger partial charge in [0.25, 0.3) is 0 Å². The van der Waals surface area contributed by atoms with Crippen molar-refractivity contribution in [1.82, 2.24) is 0 Å². The summed E-state index contributed by atoms with van der Waals surface area (Å²) in [6.45, 7) is 6.74. The zero-order chi connectivity index (χ0) is 8.65. The minimum Gasteiger partial charge on any atom is -0.101 e. The maximum Gasteiger partial charge on any atom is 0.121 e. The van der Waals surface area contributed by atoms with Crippen LogP contribution in [0.15, 0.2) is 0 Å². The highest BCUT2D eigenvalue weighted by molar-refractivity contribution is 6.50. The van der Waals surface area contributed by atoms with E-state index in [0.717, 1.165) is 12.3 Å². The highest BCUT2D eigenvalue weighted by Gasteiger charge is 2.54. The van der Waals surface area contributed by atoms with Crippen LogP contribution in [0.1, 0.15) is 33.6 Å². The van der Waals surface area contributed by atoms with E-state index in [9.17, 15) is 0 Å². The highest BCUT2D eigenvalue weighted by Crippen LogP contribution is 2.58. The Kier molecular flexibility index (Phi) is 2.76. The molecule has 0 bridgehead atoms. The van der Waals surface area contributed by atoms with E-state index in [0.29, 0.717) is 11.8 Å². The summed E-state index contributed by atoms with van der Waals surface area (Å²) >= 11 is 11.9. The molecule has 1 fully saturated rings. The van der Waals surface area contributed by atoms with E-state index in [2.05, 4.69) is 20.8 Å². The van der Waals surface area contributed by atoms with E-state index in [1.54, 1.807) is 0 Å². The lowest BCUT2D eigenvalue weighted by Crippen LogP contribution is -2.12. The van der Waals surface area contributed by atoms with Gasteiger partial charge in [-0.15, -0.1) is 23.2 Å². The van der Waals surface area contributed by atoms with E-state index in [1.807, 2.05) is 0 Å². The molecular formula is C9H16Cl2. The highest BCUT2D eigenvalue weighted by atomic mass is 35.5. The fraction of sp³-hybridized carbons (Fsp3) is 1.00. The van der Waals surface area contributed by atoms with Gasteiger partial charge in [-0.25, -0.2) is 0 Å². The van der Waals surface area contributed by atoms with Gasteiger partial charge in [0.1, 0.15) is 4.33 Å². The molecule has 3 atom stereocenters. The zero-order valence-corrected chi connectivity index (χ0v) is 8.91. The summed E-state index contributed by atoms with van der Waals surface area (Å²) in [6, 6.07) is 0. The molecule has 2 heteroatoms. The molecule has 0 saturated heterocycles. The van der Waals surface area contributed by atoms with Crippen molar-refractivity contribution in [2.75, 3.05) is 0 Å². The van der Waals surface area contributed by atoms with Crippen molar-refractivity contribution < 1.29 is 0 Å². The van der Waals surface area contributed by atoms with Gasteiger partial charge in [0.05, 0.1) is 0 Å². The van der Waals surface area contributed by atoms with Gasteiger partial charge in [0, 0.05) is 0 Å². The Hall–Kier alpha value is 0.580. The standard InChI is InChI=1S/C9H16Cl2/c1-4-6(2)7(3)8-5-9(8,10)11/h6-8H,4-5H2,1-3H3. The molecule has 11 heavy (non-hydrogen) atoms. The van der Waals surface area contributed by atoms with Crippen molar-refractivity contribution >= 4 is 23.2 Å². The fourth-order valence-corrected chi connectivity index (χ4v) is 2.30. The van der Waals surface area contributed by atoms with Crippen LogP contribution < -0.4 is 0 Å². The van der Waals surface area contributed by atoms with Crippen LogP contribution in [-0.2, 0) is 0 Å². The molecule has 0 spiro atoms. The van der Waals surface area contributed by atoms with Gasteiger partial charge < -0.3 is 0 Å². The number of halogens is 2. The van der Waals surface area contributed by atoms with Crippen molar-refractivity contribution in [3.05, 3.63) is 0 Å². The van der Waals surface area contributed by atoms with Gasteiger partial charge >= 0.3 is 0 Å². The molecule has 0 N–H and O–H groups in total. The lowest BCUT2D eigenvalue weighted by atomic mass is 9.89. The molecule has 1 rings (SSSR count). The first-order chi connectivity index (χ1) is 4.99. The van der Waals surface area contributed by atoms with Crippen LogP contribution in [0.25, 0.3) is 0 Å². The predicted molar refractivity (Wildman–Crippen MR) is 51.2 cm³/mol. The van der Waals surface area contributed by atoms with Crippen LogP contribution in [0, 0.1) is 17.8 Å². The third kappa shape index (κ3) is 2.03. The Labute approximate surface area is 79.3 Å². The van der Waals surface area contributed by atoms with Crippen LogP contribution >= 0.6 is 23.2 Å². The van der Waals surface area contributed by atoms with E-state index >= 15 is 0 Å². The molecule has 0 aromatic rings. The number of alkyl halides is 2. The molecule has 0 heterocycles. The average Bonchev–Trinajstić information content (AvgIpc) is 2.56. The summed E-state index contributed by atoms with van der Waals surface area (Å²) in [6.07, 6.45) is 2.21. The van der Waals surface area contributed by atoms with Crippen LogP contribution in [0.5, 0.6) is 0 Å². The number of hydrogen-bond acceptors (Lipinski definition) is 0. The Bertz CT molecular complexity index is 142. The van der Waals surface area contributed by atoms with E-state index in [4.69, 9.17) is 23.2 Å². The van der Waals surface area contributed by atoms with Gasteiger partial charge in [-0.1, -0.05) is 27.2 Å². The Morgan fingerprint density at radius 3 is 2.18 bits per heavy atom. The smallest absolute Gasteiger partial charge is 0.101 e. The fourth-order valence-electron chi connectivity index (χ4n) is 1.57. The van der Waals surface area contributed by atoms with Crippen molar-refractivity contribution in [3.63, 3.8) is 0 Å². The first-order valence-corrected chi connectivity index (χ1v) is 5.12. The molecular weight excluding hydrogens is 179 g/mol. The molecule has 66 valence electrons. The minimum absolute atomic E-state index is 0.386. The summed E-state index contributed by atoms with van der Waals surface area (Å²) in [7, 11) is 0. The normalized spacial score (nSPS) is 33.0. The first-order valence-electron chi connectivity index (χ1n) is 4.37. The second-order valence-electron chi connectivity index (χ2n) is 3.82. The van der Waals surface area contributed by atoms with Crippen LogP contribution in [0.3, 0.4) is 0 Å². The maximum absolute atomic E-state index is 5.97. The minimum atomic E-state index is -0.386. The molecule has 1 saturated carbocycles. The van der Waals surface area contributed by atoms with Crippen molar-refractivity contribution in [1.29, 1.82) is 0 Å². The Morgan fingerprint density at radius 1 is 1.45 bits per heavy atom. The van der Waals surface area contributed by atoms with Crippen molar-refractivity contribution in [3.8, 4) is 0 Å². The second-order valence-corrected chi connectivity index (χ2v) is 5.36. The van der Waals surface area contributed by atoms with Gasteiger partial charge in [0.2, 0.25) is 0 Å². The predicted octanol–water partition coefficient (Wildman–Crippen LogP) is 3.86. The lowest BCUT2D eigenvalue weighted by molar-refractivity contribution is 0.335. The summed E-state index contributed by atoms with van der Waals surface area (Å²) < 4.78 is -0.386. The molecule has 1 aliphatic rings. The van der Waals surface area contributed by atoms with Crippen LogP contribution in [0.2, 0.25) is 0 Å². The number of rotatable bonds is 3. The Morgan fingerprint density at radius 2 is 1.91 bits per heavy atom. The molecule has 0 aromatic carbocycles. The third-order valence-electron chi connectivity index (χ3n) is 3.05. The van der Waals surface area contributed by atoms with E-state index in [-0.39, 0.29) is 4.33 Å². The quantitative estimate of drug-likeness (QED) is 0.600. The third-order valence-corrected chi connectivity index (χ3v) is 3.92. The largest absolute Gasteiger partial charge is 0.121 e. The molecule has 0 aromatic heterocycles. The first kappa shape index (κ1) is 9.67. The van der Waals surface area contributed by atoms with Gasteiger partial charge in [-0.3, -0.25) is 0 Å². The van der Waals surface area contributed by atoms with Crippen molar-refractivity contribution in [2.24, 2.45) is 17.8 Å². The molecule has 3 unspecified atom stereocenters.